The van der Waals surface area contributed by atoms with E-state index in [0.29, 0.717) is 11.5 Å². The van der Waals surface area contributed by atoms with Crippen molar-refractivity contribution < 1.29 is 14.2 Å². The highest BCUT2D eigenvalue weighted by molar-refractivity contribution is 5.46. The molecule has 0 unspecified atom stereocenters. The van der Waals surface area contributed by atoms with Gasteiger partial charge in [-0.05, 0) is 75.2 Å². The Morgan fingerprint density at radius 1 is 1.00 bits per heavy atom. The Balaban J connectivity index is 1.68. The second-order valence-electron chi connectivity index (χ2n) is 8.29. The van der Waals surface area contributed by atoms with Crippen LogP contribution in [-0.4, -0.2) is 52.0 Å². The zero-order chi connectivity index (χ0) is 17.5. The third-order valence-corrected chi connectivity index (χ3v) is 7.32. The van der Waals surface area contributed by atoms with Crippen LogP contribution in [0.5, 0.6) is 11.5 Å². The molecular weight excluding hydrogens is 314 g/mol. The van der Waals surface area contributed by atoms with E-state index in [0.717, 1.165) is 24.7 Å². The molecular formula is C21H31NO3. The van der Waals surface area contributed by atoms with Crippen LogP contribution in [-0.2, 0) is 10.2 Å². The molecule has 3 aliphatic rings. The molecule has 25 heavy (non-hydrogen) atoms. The van der Waals surface area contributed by atoms with Gasteiger partial charge in [0.05, 0.1) is 14.2 Å². The van der Waals surface area contributed by atoms with Gasteiger partial charge in [0.2, 0.25) is 0 Å². The van der Waals surface area contributed by atoms with E-state index >= 15 is 0 Å². The summed E-state index contributed by atoms with van der Waals surface area (Å²) in [5.41, 5.74) is 2.20. The van der Waals surface area contributed by atoms with Crippen molar-refractivity contribution in [3.05, 3.63) is 23.8 Å². The Morgan fingerprint density at radius 3 is 2.48 bits per heavy atom. The van der Waals surface area contributed by atoms with Crippen LogP contribution in [0.4, 0.5) is 0 Å². The van der Waals surface area contributed by atoms with E-state index in [4.69, 9.17) is 14.2 Å². The summed E-state index contributed by atoms with van der Waals surface area (Å²) < 4.78 is 16.7. The molecule has 4 heteroatoms. The first-order chi connectivity index (χ1) is 12.1. The maximum atomic E-state index is 5.66. The lowest BCUT2D eigenvalue weighted by Gasteiger charge is -2.51. The first-order valence-electron chi connectivity index (χ1n) is 9.63. The maximum Gasteiger partial charge on any atom is 0.161 e. The third kappa shape index (κ3) is 2.74. The largest absolute Gasteiger partial charge is 0.493 e. The second-order valence-corrected chi connectivity index (χ2v) is 8.29. The monoisotopic (exact) mass is 345 g/mol. The van der Waals surface area contributed by atoms with Gasteiger partial charge >= 0.3 is 0 Å². The number of hydrogen-bond donors (Lipinski definition) is 0. The Morgan fingerprint density at radius 2 is 1.76 bits per heavy atom. The van der Waals surface area contributed by atoms with Gasteiger partial charge in [0.1, 0.15) is 0 Å². The highest BCUT2D eigenvalue weighted by atomic mass is 16.5. The Bertz CT molecular complexity index is 626. The summed E-state index contributed by atoms with van der Waals surface area (Å²) in [6.07, 6.45) is 7.63. The van der Waals surface area contributed by atoms with Gasteiger partial charge in [-0.25, -0.2) is 0 Å². The highest BCUT2D eigenvalue weighted by Crippen LogP contribution is 2.57. The molecule has 1 aliphatic carbocycles. The molecule has 0 bridgehead atoms. The molecule has 1 aromatic rings. The SMILES string of the molecule is COc1ccc([C@]23CCN(C)[C@H]2CC2(CCOCC2)CC3)cc1OC. The molecule has 0 radical (unpaired) electrons. The lowest BCUT2D eigenvalue weighted by molar-refractivity contribution is -0.0335. The zero-order valence-electron chi connectivity index (χ0n) is 15.8. The lowest BCUT2D eigenvalue weighted by Crippen LogP contribution is -2.51. The van der Waals surface area contributed by atoms with E-state index in [-0.39, 0.29) is 5.41 Å². The number of ether oxygens (including phenoxy) is 3. The molecule has 1 saturated carbocycles. The molecule has 4 rings (SSSR count). The molecule has 1 aromatic carbocycles. The van der Waals surface area contributed by atoms with Crippen molar-refractivity contribution in [1.29, 1.82) is 0 Å². The Hall–Kier alpha value is -1.26. The van der Waals surface area contributed by atoms with Crippen molar-refractivity contribution in [2.24, 2.45) is 5.41 Å². The minimum absolute atomic E-state index is 0.262. The Kier molecular flexibility index (Phi) is 4.45. The van der Waals surface area contributed by atoms with Gasteiger partial charge in [-0.2, -0.15) is 0 Å². The van der Waals surface area contributed by atoms with Gasteiger partial charge in [0, 0.05) is 24.7 Å². The average Bonchev–Trinajstić information content (AvgIpc) is 2.99. The number of likely N-dealkylation sites (tertiary alicyclic amines) is 1. The number of benzene rings is 1. The van der Waals surface area contributed by atoms with Crippen molar-refractivity contribution >= 4 is 0 Å². The van der Waals surface area contributed by atoms with E-state index in [9.17, 15) is 0 Å². The van der Waals surface area contributed by atoms with Crippen LogP contribution in [0, 0.1) is 5.41 Å². The zero-order valence-corrected chi connectivity index (χ0v) is 15.8. The fourth-order valence-electron chi connectivity index (χ4n) is 5.65. The average molecular weight is 345 g/mol. The molecule has 138 valence electrons. The molecule has 2 saturated heterocycles. The summed E-state index contributed by atoms with van der Waals surface area (Å²) in [6.45, 7) is 3.07. The number of rotatable bonds is 3. The topological polar surface area (TPSA) is 30.9 Å². The van der Waals surface area contributed by atoms with E-state index < -0.39 is 0 Å². The van der Waals surface area contributed by atoms with Crippen LogP contribution in [0.3, 0.4) is 0 Å². The smallest absolute Gasteiger partial charge is 0.161 e. The van der Waals surface area contributed by atoms with Gasteiger partial charge in [-0.3, -0.25) is 0 Å². The number of fused-ring (bicyclic) bond motifs is 1. The van der Waals surface area contributed by atoms with Crippen molar-refractivity contribution in [3.63, 3.8) is 0 Å². The van der Waals surface area contributed by atoms with Crippen LogP contribution in [0.15, 0.2) is 18.2 Å². The van der Waals surface area contributed by atoms with Crippen LogP contribution < -0.4 is 9.47 Å². The molecule has 0 amide bonds. The number of hydrogen-bond acceptors (Lipinski definition) is 4. The summed E-state index contributed by atoms with van der Waals surface area (Å²) >= 11 is 0. The standard InChI is InChI=1S/C21H31NO3/c1-22-11-8-21(16-4-5-17(23-2)18(14-16)24-3)7-6-20(15-19(21)22)9-12-25-13-10-20/h4-5,14,19H,6-13,15H2,1-3H3/t19-,21-/m0/s1. The van der Waals surface area contributed by atoms with Crippen molar-refractivity contribution in [2.75, 3.05) is 41.0 Å². The quantitative estimate of drug-likeness (QED) is 0.837. The molecule has 3 fully saturated rings. The first-order valence-corrected chi connectivity index (χ1v) is 9.63. The van der Waals surface area contributed by atoms with Gasteiger partial charge in [-0.15, -0.1) is 0 Å². The highest BCUT2D eigenvalue weighted by Gasteiger charge is 2.54. The van der Waals surface area contributed by atoms with Gasteiger partial charge in [0.25, 0.3) is 0 Å². The summed E-state index contributed by atoms with van der Waals surface area (Å²) in [6, 6.07) is 7.21. The minimum Gasteiger partial charge on any atom is -0.493 e. The van der Waals surface area contributed by atoms with Gasteiger partial charge < -0.3 is 19.1 Å². The van der Waals surface area contributed by atoms with Gasteiger partial charge in [-0.1, -0.05) is 6.07 Å². The van der Waals surface area contributed by atoms with Crippen molar-refractivity contribution in [3.8, 4) is 11.5 Å². The molecule has 1 spiro atoms. The van der Waals surface area contributed by atoms with Crippen LogP contribution in [0.1, 0.15) is 44.1 Å². The van der Waals surface area contributed by atoms with Crippen molar-refractivity contribution in [2.45, 2.75) is 50.0 Å². The van der Waals surface area contributed by atoms with E-state index in [1.54, 1.807) is 14.2 Å². The number of methoxy groups -OCH3 is 2. The van der Waals surface area contributed by atoms with Crippen LogP contribution in [0.2, 0.25) is 0 Å². The second kappa shape index (κ2) is 6.48. The number of likely N-dealkylation sites (N-methyl/N-ethyl adjacent to an activating group) is 1. The van der Waals surface area contributed by atoms with E-state index in [1.807, 2.05) is 0 Å². The number of nitrogens with zero attached hydrogens (tertiary/aromatic N) is 1. The predicted octanol–water partition coefficient (Wildman–Crippen LogP) is 3.63. The van der Waals surface area contributed by atoms with E-state index in [1.165, 1.54) is 50.6 Å². The molecule has 2 atom stereocenters. The molecule has 0 aromatic heterocycles. The fraction of sp³-hybridized carbons (Fsp3) is 0.714. The Labute approximate surface area is 151 Å². The minimum atomic E-state index is 0.262. The summed E-state index contributed by atoms with van der Waals surface area (Å²) in [4.78, 5) is 2.60. The molecule has 2 aliphatic heterocycles. The fourth-order valence-corrected chi connectivity index (χ4v) is 5.65. The van der Waals surface area contributed by atoms with Crippen LogP contribution >= 0.6 is 0 Å². The first kappa shape index (κ1) is 17.2. The molecule has 0 N–H and O–H groups in total. The molecule has 2 heterocycles. The van der Waals surface area contributed by atoms with Crippen molar-refractivity contribution in [1.82, 2.24) is 4.90 Å². The maximum absolute atomic E-state index is 5.66. The predicted molar refractivity (Wildman–Crippen MR) is 98.6 cm³/mol. The summed E-state index contributed by atoms with van der Waals surface area (Å²) in [5, 5.41) is 0. The third-order valence-electron chi connectivity index (χ3n) is 7.32. The van der Waals surface area contributed by atoms with Crippen LogP contribution in [0.25, 0.3) is 0 Å². The normalized spacial score (nSPS) is 31.7. The van der Waals surface area contributed by atoms with Gasteiger partial charge in [0.15, 0.2) is 11.5 Å². The van der Waals surface area contributed by atoms with E-state index in [2.05, 4.69) is 30.1 Å². The lowest BCUT2D eigenvalue weighted by atomic mass is 9.56. The molecule has 4 nitrogen and oxygen atoms in total. The summed E-state index contributed by atoms with van der Waals surface area (Å²) in [7, 11) is 5.75. The summed E-state index contributed by atoms with van der Waals surface area (Å²) in [5.74, 6) is 1.68.